The molecule has 1 saturated carbocycles. The van der Waals surface area contributed by atoms with Crippen molar-refractivity contribution in [2.75, 3.05) is 14.2 Å². The van der Waals surface area contributed by atoms with Crippen molar-refractivity contribution in [3.8, 4) is 0 Å². The number of hydrogen-bond acceptors (Lipinski definition) is 5. The van der Waals surface area contributed by atoms with Crippen LogP contribution in [0.5, 0.6) is 0 Å². The predicted molar refractivity (Wildman–Crippen MR) is 83.0 cm³/mol. The maximum atomic E-state index is 12.3. The van der Waals surface area contributed by atoms with Gasteiger partial charge >= 0.3 is 11.9 Å². The Kier molecular flexibility index (Phi) is 5.73. The third-order valence-electron chi connectivity index (χ3n) is 4.09. The minimum Gasteiger partial charge on any atom is -0.469 e. The summed E-state index contributed by atoms with van der Waals surface area (Å²) < 4.78 is 9.43. The van der Waals surface area contributed by atoms with Crippen molar-refractivity contribution in [3.63, 3.8) is 0 Å². The summed E-state index contributed by atoms with van der Waals surface area (Å²) in [4.78, 5) is 35.5. The summed E-state index contributed by atoms with van der Waals surface area (Å²) in [5.41, 5.74) is 0.726. The van der Waals surface area contributed by atoms with Crippen LogP contribution in [0, 0.1) is 5.92 Å². The molecule has 2 rings (SSSR count). The Balaban J connectivity index is 2.01. The van der Waals surface area contributed by atoms with Crippen molar-refractivity contribution >= 4 is 17.8 Å². The minimum atomic E-state index is -0.483. The zero-order valence-electron chi connectivity index (χ0n) is 13.3. The van der Waals surface area contributed by atoms with Crippen molar-refractivity contribution in [2.24, 2.45) is 5.92 Å². The van der Waals surface area contributed by atoms with Crippen LogP contribution in [-0.2, 0) is 14.3 Å². The molecule has 0 radical (unpaired) electrons. The second kappa shape index (κ2) is 7.76. The zero-order valence-corrected chi connectivity index (χ0v) is 13.3. The molecule has 124 valence electrons. The van der Waals surface area contributed by atoms with Gasteiger partial charge in [0.2, 0.25) is 0 Å². The van der Waals surface area contributed by atoms with Crippen molar-refractivity contribution < 1.29 is 23.9 Å². The van der Waals surface area contributed by atoms with E-state index in [1.54, 1.807) is 18.2 Å². The molecule has 0 aromatic heterocycles. The van der Waals surface area contributed by atoms with E-state index in [4.69, 9.17) is 4.74 Å². The summed E-state index contributed by atoms with van der Waals surface area (Å²) in [6, 6.07) is 6.31. The van der Waals surface area contributed by atoms with Crippen LogP contribution in [0.4, 0.5) is 0 Å². The van der Waals surface area contributed by atoms with Crippen LogP contribution >= 0.6 is 0 Å². The molecule has 23 heavy (non-hydrogen) atoms. The topological polar surface area (TPSA) is 81.7 Å². The normalized spacial score (nSPS) is 20.4. The number of amides is 1. The first-order valence-electron chi connectivity index (χ1n) is 7.62. The number of rotatable bonds is 4. The second-order valence-electron chi connectivity index (χ2n) is 5.63. The van der Waals surface area contributed by atoms with Gasteiger partial charge < -0.3 is 14.8 Å². The van der Waals surface area contributed by atoms with Gasteiger partial charge in [0.25, 0.3) is 5.91 Å². The van der Waals surface area contributed by atoms with Crippen molar-refractivity contribution in [1.29, 1.82) is 0 Å². The van der Waals surface area contributed by atoms with Gasteiger partial charge in [0.05, 0.1) is 25.7 Å². The van der Waals surface area contributed by atoms with Gasteiger partial charge in [0, 0.05) is 11.6 Å². The van der Waals surface area contributed by atoms with Crippen LogP contribution in [-0.4, -0.2) is 38.1 Å². The first-order chi connectivity index (χ1) is 11.0. The van der Waals surface area contributed by atoms with Crippen LogP contribution in [0.25, 0.3) is 0 Å². The van der Waals surface area contributed by atoms with Gasteiger partial charge in [-0.3, -0.25) is 9.59 Å². The van der Waals surface area contributed by atoms with Gasteiger partial charge in [-0.15, -0.1) is 0 Å². The van der Waals surface area contributed by atoms with Crippen LogP contribution in [0.2, 0.25) is 0 Å². The number of carbonyl (C=O) groups is 3. The Morgan fingerprint density at radius 2 is 1.83 bits per heavy atom. The average Bonchev–Trinajstić information content (AvgIpc) is 2.60. The minimum absolute atomic E-state index is 0.0675. The number of nitrogens with one attached hydrogen (secondary N) is 1. The summed E-state index contributed by atoms with van der Waals surface area (Å²) in [6.45, 7) is 0. The highest BCUT2D eigenvalue weighted by atomic mass is 16.5. The predicted octanol–water partition coefficient (Wildman–Crippen LogP) is 1.93. The highest BCUT2D eigenvalue weighted by molar-refractivity contribution is 5.98. The first kappa shape index (κ1) is 17.0. The average molecular weight is 319 g/mol. The lowest BCUT2D eigenvalue weighted by Crippen LogP contribution is -2.40. The van der Waals surface area contributed by atoms with Crippen LogP contribution < -0.4 is 5.32 Å². The Morgan fingerprint density at radius 3 is 2.52 bits per heavy atom. The molecule has 1 N–H and O–H groups in total. The van der Waals surface area contributed by atoms with Gasteiger partial charge in [-0.05, 0) is 37.5 Å². The van der Waals surface area contributed by atoms with Crippen LogP contribution in [0.3, 0.4) is 0 Å². The molecule has 1 amide bonds. The highest BCUT2D eigenvalue weighted by Gasteiger charge is 2.29. The Labute approximate surface area is 135 Å². The Hall–Kier alpha value is -2.37. The molecule has 0 aliphatic heterocycles. The molecule has 2 atom stereocenters. The monoisotopic (exact) mass is 319 g/mol. The lowest BCUT2D eigenvalue weighted by Gasteiger charge is -2.28. The molecule has 1 fully saturated rings. The molecular weight excluding hydrogens is 298 g/mol. The summed E-state index contributed by atoms with van der Waals surface area (Å²) in [5.74, 6) is -1.13. The van der Waals surface area contributed by atoms with Crippen LogP contribution in [0.15, 0.2) is 24.3 Å². The lowest BCUT2D eigenvalue weighted by molar-refractivity contribution is -0.146. The fourth-order valence-electron chi connectivity index (χ4n) is 2.88. The summed E-state index contributed by atoms with van der Waals surface area (Å²) in [7, 11) is 2.67. The molecule has 1 aliphatic rings. The van der Waals surface area contributed by atoms with E-state index in [1.807, 2.05) is 0 Å². The second-order valence-corrected chi connectivity index (χ2v) is 5.63. The molecule has 0 saturated heterocycles. The van der Waals surface area contributed by atoms with Crippen molar-refractivity contribution in [2.45, 2.75) is 31.7 Å². The van der Waals surface area contributed by atoms with Gasteiger partial charge in [-0.1, -0.05) is 12.5 Å². The standard InChI is InChI=1S/C17H21NO5/c1-22-16(20)12-6-3-5-11(9-12)15(19)18-14-8-4-7-13(10-14)17(21)23-2/h3,5-6,9,13-14H,4,7-8,10H2,1-2H3,(H,18,19). The molecule has 1 aromatic rings. The van der Waals surface area contributed by atoms with E-state index in [2.05, 4.69) is 10.1 Å². The van der Waals surface area contributed by atoms with Crippen LogP contribution in [0.1, 0.15) is 46.4 Å². The third-order valence-corrected chi connectivity index (χ3v) is 4.09. The molecule has 6 heteroatoms. The lowest BCUT2D eigenvalue weighted by atomic mass is 9.85. The molecule has 1 aromatic carbocycles. The zero-order chi connectivity index (χ0) is 16.8. The Morgan fingerprint density at radius 1 is 1.09 bits per heavy atom. The van der Waals surface area contributed by atoms with Crippen molar-refractivity contribution in [3.05, 3.63) is 35.4 Å². The van der Waals surface area contributed by atoms with Gasteiger partial charge in [-0.25, -0.2) is 4.79 Å². The van der Waals surface area contributed by atoms with E-state index in [0.717, 1.165) is 19.3 Å². The fraction of sp³-hybridized carbons (Fsp3) is 0.471. The van der Waals surface area contributed by atoms with E-state index in [9.17, 15) is 14.4 Å². The number of benzene rings is 1. The highest BCUT2D eigenvalue weighted by Crippen LogP contribution is 2.25. The maximum Gasteiger partial charge on any atom is 0.337 e. The van der Waals surface area contributed by atoms with E-state index < -0.39 is 5.97 Å². The van der Waals surface area contributed by atoms with E-state index >= 15 is 0 Å². The molecule has 6 nitrogen and oxygen atoms in total. The third kappa shape index (κ3) is 4.31. The first-order valence-corrected chi connectivity index (χ1v) is 7.62. The Bertz CT molecular complexity index is 598. The summed E-state index contributed by atoms with van der Waals surface area (Å²) in [5, 5.41) is 2.93. The summed E-state index contributed by atoms with van der Waals surface area (Å²) in [6.07, 6.45) is 3.06. The number of carbonyl (C=O) groups excluding carboxylic acids is 3. The fourth-order valence-corrected chi connectivity index (χ4v) is 2.88. The number of hydrogen-bond donors (Lipinski definition) is 1. The van der Waals surface area contributed by atoms with E-state index in [0.29, 0.717) is 17.5 Å². The molecule has 1 aliphatic carbocycles. The molecular formula is C17H21NO5. The molecule has 0 spiro atoms. The van der Waals surface area contributed by atoms with Crippen molar-refractivity contribution in [1.82, 2.24) is 5.32 Å². The number of methoxy groups -OCH3 is 2. The number of ether oxygens (including phenoxy) is 2. The van der Waals surface area contributed by atoms with Gasteiger partial charge in [0.15, 0.2) is 0 Å². The molecule has 0 heterocycles. The summed E-state index contributed by atoms with van der Waals surface area (Å²) >= 11 is 0. The number of esters is 2. The SMILES string of the molecule is COC(=O)c1cccc(C(=O)NC2CCCC(C(=O)OC)C2)c1. The quantitative estimate of drug-likeness (QED) is 0.858. The van der Waals surface area contributed by atoms with Gasteiger partial charge in [0.1, 0.15) is 0 Å². The largest absolute Gasteiger partial charge is 0.469 e. The molecule has 2 unspecified atom stereocenters. The van der Waals surface area contributed by atoms with Gasteiger partial charge in [-0.2, -0.15) is 0 Å². The maximum absolute atomic E-state index is 12.3. The smallest absolute Gasteiger partial charge is 0.337 e. The van der Waals surface area contributed by atoms with E-state index in [1.165, 1.54) is 20.3 Å². The van der Waals surface area contributed by atoms with E-state index in [-0.39, 0.29) is 23.8 Å². The molecule has 0 bridgehead atoms.